The first-order chi connectivity index (χ1) is 19.9. The lowest BCUT2D eigenvalue weighted by atomic mass is 10.0. The van der Waals surface area contributed by atoms with Crippen LogP contribution in [0.15, 0.2) is 109 Å². The van der Waals surface area contributed by atoms with Crippen LogP contribution in [0.5, 0.6) is 11.5 Å². The maximum Gasteiger partial charge on any atom is 0.129 e. The van der Waals surface area contributed by atoms with Gasteiger partial charge in [0.1, 0.15) is 11.5 Å². The maximum atomic E-state index is 6.53. The second kappa shape index (κ2) is 11.5. The van der Waals surface area contributed by atoms with Gasteiger partial charge in [-0.2, -0.15) is 20.4 Å². The number of benzene rings is 4. The van der Waals surface area contributed by atoms with Gasteiger partial charge in [0.05, 0.1) is 22.8 Å². The van der Waals surface area contributed by atoms with Crippen molar-refractivity contribution in [2.75, 3.05) is 0 Å². The van der Waals surface area contributed by atoms with Gasteiger partial charge in [-0.3, -0.25) is 0 Å². The van der Waals surface area contributed by atoms with Gasteiger partial charge in [-0.15, -0.1) is 0 Å². The number of hydrogen-bond acceptors (Lipinski definition) is 5. The van der Waals surface area contributed by atoms with Crippen LogP contribution in [0.2, 0.25) is 10.0 Å². The highest BCUT2D eigenvalue weighted by Gasteiger charge is 2.13. The lowest BCUT2D eigenvalue weighted by Crippen LogP contribution is -1.96. The molecule has 6 rings (SSSR count). The van der Waals surface area contributed by atoms with Gasteiger partial charge in [0, 0.05) is 32.3 Å². The molecule has 5 nitrogen and oxygen atoms in total. The number of aromatic nitrogens is 4. The molecule has 0 saturated carbocycles. The summed E-state index contributed by atoms with van der Waals surface area (Å²) in [7, 11) is 0. The van der Waals surface area contributed by atoms with Crippen LogP contribution in [0.3, 0.4) is 0 Å². The van der Waals surface area contributed by atoms with Crippen molar-refractivity contribution in [2.24, 2.45) is 0 Å². The fourth-order valence-electron chi connectivity index (χ4n) is 4.68. The molecule has 0 saturated heterocycles. The molecule has 2 aromatic heterocycles. The number of hydrogen-bond donors (Lipinski definition) is 0. The molecule has 4 aromatic carbocycles. The number of nitrogens with zero attached hydrogens (tertiary/aromatic N) is 4. The van der Waals surface area contributed by atoms with Crippen molar-refractivity contribution in [3.8, 4) is 56.3 Å². The lowest BCUT2D eigenvalue weighted by molar-refractivity contribution is 0.483. The van der Waals surface area contributed by atoms with Crippen LogP contribution in [0.1, 0.15) is 11.4 Å². The van der Waals surface area contributed by atoms with Gasteiger partial charge in [0.25, 0.3) is 0 Å². The SMILES string of the molecule is Cc1nnc(-c2cc(Cl)cc(Oc3cc(Cl)cc(-c4cc(-c5ccccc5)c(C)nn4)c3)c2)cc1-c1ccccc1. The van der Waals surface area contributed by atoms with E-state index in [0.717, 1.165) is 44.8 Å². The Kier molecular flexibility index (Phi) is 7.47. The van der Waals surface area contributed by atoms with Gasteiger partial charge in [-0.25, -0.2) is 0 Å². The molecule has 0 amide bonds. The Morgan fingerprint density at radius 1 is 0.463 bits per heavy atom. The molecule has 0 spiro atoms. The minimum Gasteiger partial charge on any atom is -0.457 e. The largest absolute Gasteiger partial charge is 0.457 e. The molecular formula is C34H24Cl2N4O. The third kappa shape index (κ3) is 5.97. The zero-order chi connectivity index (χ0) is 28.3. The Bertz CT molecular complexity index is 1720. The van der Waals surface area contributed by atoms with E-state index in [0.29, 0.717) is 32.9 Å². The standard InChI is InChI=1S/C34H24Cl2N4O/c1-21-31(23-9-5-3-6-10-23)19-33(39-37-21)25-13-27(35)17-29(15-25)41-30-16-26(14-28(36)18-30)34-20-32(22(2)38-40-34)24-11-7-4-8-12-24/h3-20H,1-2H3. The molecule has 200 valence electrons. The Hall–Kier alpha value is -4.58. The van der Waals surface area contributed by atoms with Crippen LogP contribution in [0.4, 0.5) is 0 Å². The normalized spacial score (nSPS) is 10.9. The summed E-state index contributed by atoms with van der Waals surface area (Å²) in [6, 6.07) is 35.2. The van der Waals surface area contributed by atoms with E-state index in [1.54, 1.807) is 12.1 Å². The van der Waals surface area contributed by atoms with Crippen molar-refractivity contribution in [3.05, 3.63) is 131 Å². The molecule has 0 aliphatic rings. The molecule has 0 bridgehead atoms. The first-order valence-corrected chi connectivity index (χ1v) is 13.8. The summed E-state index contributed by atoms with van der Waals surface area (Å²) in [5.74, 6) is 1.09. The summed E-state index contributed by atoms with van der Waals surface area (Å²) in [6.07, 6.45) is 0. The zero-order valence-corrected chi connectivity index (χ0v) is 23.9. The summed E-state index contributed by atoms with van der Waals surface area (Å²) in [6.45, 7) is 3.90. The fourth-order valence-corrected chi connectivity index (χ4v) is 5.13. The van der Waals surface area contributed by atoms with Gasteiger partial charge in [-0.1, -0.05) is 83.9 Å². The Balaban J connectivity index is 1.33. The first-order valence-electron chi connectivity index (χ1n) is 13.0. The number of rotatable bonds is 6. The van der Waals surface area contributed by atoms with Crippen molar-refractivity contribution in [1.29, 1.82) is 0 Å². The summed E-state index contributed by atoms with van der Waals surface area (Å²) in [4.78, 5) is 0. The molecule has 0 radical (unpaired) electrons. The molecule has 6 aromatic rings. The van der Waals surface area contributed by atoms with Crippen molar-refractivity contribution in [2.45, 2.75) is 13.8 Å². The zero-order valence-electron chi connectivity index (χ0n) is 22.3. The summed E-state index contributed by atoms with van der Waals surface area (Å²) in [5.41, 5.74) is 8.81. The topological polar surface area (TPSA) is 60.8 Å². The lowest BCUT2D eigenvalue weighted by Gasteiger charge is -2.12. The third-order valence-electron chi connectivity index (χ3n) is 6.70. The Labute approximate surface area is 248 Å². The van der Waals surface area contributed by atoms with E-state index in [9.17, 15) is 0 Å². The van der Waals surface area contributed by atoms with Gasteiger partial charge >= 0.3 is 0 Å². The van der Waals surface area contributed by atoms with Crippen molar-refractivity contribution < 1.29 is 4.74 Å². The molecule has 7 heteroatoms. The summed E-state index contributed by atoms with van der Waals surface area (Å²) < 4.78 is 6.28. The van der Waals surface area contributed by atoms with E-state index in [-0.39, 0.29) is 0 Å². The molecule has 0 unspecified atom stereocenters. The molecule has 0 aliphatic carbocycles. The van der Waals surface area contributed by atoms with Gasteiger partial charge in [0.15, 0.2) is 0 Å². The van der Waals surface area contributed by atoms with E-state index in [1.807, 2.05) is 86.6 Å². The second-order valence-electron chi connectivity index (χ2n) is 9.64. The molecule has 0 aliphatic heterocycles. The fraction of sp³-hybridized carbons (Fsp3) is 0.0588. The highest BCUT2D eigenvalue weighted by Crippen LogP contribution is 2.36. The van der Waals surface area contributed by atoms with Crippen molar-refractivity contribution in [3.63, 3.8) is 0 Å². The Morgan fingerprint density at radius 3 is 1.29 bits per heavy atom. The van der Waals surface area contributed by atoms with Crippen molar-refractivity contribution in [1.82, 2.24) is 20.4 Å². The number of aryl methyl sites for hydroxylation is 2. The average molecular weight is 575 g/mol. The minimum atomic E-state index is 0.514. The molecule has 0 N–H and O–H groups in total. The van der Waals surface area contributed by atoms with Gasteiger partial charge in [0.2, 0.25) is 0 Å². The minimum absolute atomic E-state index is 0.514. The average Bonchev–Trinajstić information content (AvgIpc) is 2.98. The second-order valence-corrected chi connectivity index (χ2v) is 10.5. The Morgan fingerprint density at radius 2 is 0.878 bits per heavy atom. The smallest absolute Gasteiger partial charge is 0.129 e. The van der Waals surface area contributed by atoms with Crippen LogP contribution in [-0.2, 0) is 0 Å². The van der Waals surface area contributed by atoms with Crippen LogP contribution in [-0.4, -0.2) is 20.4 Å². The molecular weight excluding hydrogens is 551 g/mol. The molecule has 41 heavy (non-hydrogen) atoms. The van der Waals surface area contributed by atoms with Crippen LogP contribution in [0, 0.1) is 13.8 Å². The van der Waals surface area contributed by atoms with Gasteiger partial charge in [-0.05, 0) is 73.5 Å². The highest BCUT2D eigenvalue weighted by atomic mass is 35.5. The van der Waals surface area contributed by atoms with Crippen LogP contribution in [0.25, 0.3) is 44.8 Å². The first kappa shape index (κ1) is 26.6. The van der Waals surface area contributed by atoms with Crippen molar-refractivity contribution >= 4 is 23.2 Å². The predicted molar refractivity (Wildman–Crippen MR) is 165 cm³/mol. The monoisotopic (exact) mass is 574 g/mol. The summed E-state index contributed by atoms with van der Waals surface area (Å²) >= 11 is 13.1. The molecule has 0 atom stereocenters. The van der Waals surface area contributed by atoms with Crippen LogP contribution < -0.4 is 4.74 Å². The predicted octanol–water partition coefficient (Wildman–Crippen LogP) is 9.65. The third-order valence-corrected chi connectivity index (χ3v) is 7.13. The quantitative estimate of drug-likeness (QED) is 0.198. The van der Waals surface area contributed by atoms with E-state index in [2.05, 4.69) is 44.7 Å². The van der Waals surface area contributed by atoms with Crippen LogP contribution >= 0.6 is 23.2 Å². The maximum absolute atomic E-state index is 6.53. The van der Waals surface area contributed by atoms with E-state index < -0.39 is 0 Å². The van der Waals surface area contributed by atoms with E-state index in [4.69, 9.17) is 27.9 Å². The van der Waals surface area contributed by atoms with E-state index in [1.165, 1.54) is 0 Å². The molecule has 2 heterocycles. The number of ether oxygens (including phenoxy) is 1. The highest BCUT2D eigenvalue weighted by molar-refractivity contribution is 6.31. The molecule has 0 fully saturated rings. The summed E-state index contributed by atoms with van der Waals surface area (Å²) in [5, 5.41) is 18.7. The van der Waals surface area contributed by atoms with Gasteiger partial charge < -0.3 is 4.74 Å². The number of halogens is 2. The van der Waals surface area contributed by atoms with E-state index >= 15 is 0 Å².